The molecule has 1 atom stereocenters. The molecule has 8 nitrogen and oxygen atoms in total. The lowest BCUT2D eigenvalue weighted by molar-refractivity contribution is -0.118. The molecule has 0 spiro atoms. The van der Waals surface area contributed by atoms with Gasteiger partial charge in [0.2, 0.25) is 11.9 Å². The first kappa shape index (κ1) is 23.3. The molecule has 1 unspecified atom stereocenters. The SMILES string of the molecule is C=C(NC)C1CC(=O)N(C)c2ccc(Nc3nc(N4CCN(CC)CC4)ncc3Cl)cc2C1. The smallest absolute Gasteiger partial charge is 0.227 e. The molecule has 1 aromatic carbocycles. The molecule has 0 aliphatic carbocycles. The van der Waals surface area contributed by atoms with Gasteiger partial charge in [0.1, 0.15) is 5.02 Å². The zero-order valence-corrected chi connectivity index (χ0v) is 20.3. The van der Waals surface area contributed by atoms with Gasteiger partial charge in [-0.15, -0.1) is 0 Å². The van der Waals surface area contributed by atoms with Crippen LogP contribution in [-0.4, -0.2) is 67.6 Å². The number of hydrogen-bond acceptors (Lipinski definition) is 7. The summed E-state index contributed by atoms with van der Waals surface area (Å²) in [6, 6.07) is 5.99. The lowest BCUT2D eigenvalue weighted by Gasteiger charge is -2.34. The standard InChI is InChI=1S/C24H32ClN7O/c1-5-31-8-10-32(11-9-31)24-27-15-20(25)23(29-24)28-19-6-7-21-18(13-19)12-17(16(2)26-3)14-22(33)30(21)4/h6-7,13,15,17,26H,2,5,8-12,14H2,1,3-4H3,(H,27,28,29). The predicted octanol–water partition coefficient (Wildman–Crippen LogP) is 3.27. The summed E-state index contributed by atoms with van der Waals surface area (Å²) in [5.74, 6) is 1.39. The quantitative estimate of drug-likeness (QED) is 0.672. The van der Waals surface area contributed by atoms with Crippen LogP contribution in [0.4, 0.5) is 23.1 Å². The molecule has 4 rings (SSSR count). The molecular formula is C24H32ClN7O. The highest BCUT2D eigenvalue weighted by atomic mass is 35.5. The van der Waals surface area contributed by atoms with Crippen molar-refractivity contribution in [3.05, 3.63) is 47.3 Å². The highest BCUT2D eigenvalue weighted by Gasteiger charge is 2.27. The number of aromatic nitrogens is 2. The summed E-state index contributed by atoms with van der Waals surface area (Å²) in [7, 11) is 3.67. The Labute approximate surface area is 200 Å². The molecule has 0 bridgehead atoms. The number of nitrogens with one attached hydrogen (secondary N) is 2. The third-order valence-electron chi connectivity index (χ3n) is 6.61. The summed E-state index contributed by atoms with van der Waals surface area (Å²) in [6.45, 7) is 11.1. The summed E-state index contributed by atoms with van der Waals surface area (Å²) < 4.78 is 0. The number of hydrogen-bond donors (Lipinski definition) is 2. The monoisotopic (exact) mass is 469 g/mol. The second-order valence-corrected chi connectivity index (χ2v) is 9.00. The Morgan fingerprint density at radius 3 is 2.70 bits per heavy atom. The van der Waals surface area contributed by atoms with E-state index in [2.05, 4.69) is 45.0 Å². The number of nitrogens with zero attached hydrogens (tertiary/aromatic N) is 5. The number of allylic oxidation sites excluding steroid dienone is 1. The molecule has 2 aliphatic rings. The van der Waals surface area contributed by atoms with Gasteiger partial charge in [0.25, 0.3) is 0 Å². The number of fused-ring (bicyclic) bond motifs is 1. The van der Waals surface area contributed by atoms with E-state index in [4.69, 9.17) is 16.6 Å². The molecule has 33 heavy (non-hydrogen) atoms. The van der Waals surface area contributed by atoms with Gasteiger partial charge in [0.15, 0.2) is 5.82 Å². The zero-order chi connectivity index (χ0) is 23.5. The van der Waals surface area contributed by atoms with Crippen molar-refractivity contribution < 1.29 is 4.79 Å². The molecule has 176 valence electrons. The zero-order valence-electron chi connectivity index (χ0n) is 19.6. The van der Waals surface area contributed by atoms with E-state index in [0.29, 0.717) is 23.2 Å². The molecule has 1 amide bonds. The normalized spacial score (nSPS) is 19.2. The lowest BCUT2D eigenvalue weighted by atomic mass is 9.94. The van der Waals surface area contributed by atoms with Gasteiger partial charge < -0.3 is 25.3 Å². The van der Waals surface area contributed by atoms with Crippen LogP contribution in [0, 0.1) is 5.92 Å². The summed E-state index contributed by atoms with van der Waals surface area (Å²) in [4.78, 5) is 28.2. The molecule has 2 aliphatic heterocycles. The van der Waals surface area contributed by atoms with Crippen molar-refractivity contribution in [2.45, 2.75) is 19.8 Å². The van der Waals surface area contributed by atoms with Crippen LogP contribution < -0.4 is 20.4 Å². The van der Waals surface area contributed by atoms with E-state index in [9.17, 15) is 4.79 Å². The van der Waals surface area contributed by atoms with Crippen LogP contribution >= 0.6 is 11.6 Å². The average molecular weight is 470 g/mol. The molecule has 0 radical (unpaired) electrons. The van der Waals surface area contributed by atoms with Crippen molar-refractivity contribution >= 4 is 40.6 Å². The second kappa shape index (κ2) is 9.97. The number of carbonyl (C=O) groups excluding carboxylic acids is 1. The topological polar surface area (TPSA) is 76.6 Å². The van der Waals surface area contributed by atoms with Crippen molar-refractivity contribution in [3.8, 4) is 0 Å². The summed E-state index contributed by atoms with van der Waals surface area (Å²) in [6.07, 6.45) is 2.81. The van der Waals surface area contributed by atoms with E-state index in [1.54, 1.807) is 11.1 Å². The van der Waals surface area contributed by atoms with Gasteiger partial charge in [-0.05, 0) is 36.7 Å². The maximum Gasteiger partial charge on any atom is 0.227 e. The molecule has 2 N–H and O–H groups in total. The van der Waals surface area contributed by atoms with Crippen LogP contribution in [0.5, 0.6) is 0 Å². The van der Waals surface area contributed by atoms with Crippen LogP contribution in [0.2, 0.25) is 5.02 Å². The molecule has 2 aromatic rings. The van der Waals surface area contributed by atoms with Gasteiger partial charge in [-0.25, -0.2) is 4.98 Å². The van der Waals surface area contributed by atoms with Gasteiger partial charge in [-0.2, -0.15) is 4.98 Å². The first-order valence-corrected chi connectivity index (χ1v) is 11.8. The van der Waals surface area contributed by atoms with Crippen molar-refractivity contribution in [2.24, 2.45) is 5.92 Å². The minimum atomic E-state index is 0.0393. The number of benzene rings is 1. The second-order valence-electron chi connectivity index (χ2n) is 8.59. The van der Waals surface area contributed by atoms with Crippen molar-refractivity contribution in [1.82, 2.24) is 20.2 Å². The van der Waals surface area contributed by atoms with E-state index in [1.807, 2.05) is 26.2 Å². The number of amides is 1. The van der Waals surface area contributed by atoms with E-state index >= 15 is 0 Å². The van der Waals surface area contributed by atoms with E-state index < -0.39 is 0 Å². The Morgan fingerprint density at radius 1 is 1.24 bits per heavy atom. The maximum absolute atomic E-state index is 12.7. The largest absolute Gasteiger partial charge is 0.392 e. The first-order valence-electron chi connectivity index (χ1n) is 11.4. The van der Waals surface area contributed by atoms with Crippen molar-refractivity contribution in [2.75, 3.05) is 61.9 Å². The van der Waals surface area contributed by atoms with Crippen molar-refractivity contribution in [3.63, 3.8) is 0 Å². The molecule has 1 aromatic heterocycles. The van der Waals surface area contributed by atoms with Crippen LogP contribution in [0.1, 0.15) is 18.9 Å². The highest BCUT2D eigenvalue weighted by molar-refractivity contribution is 6.32. The third-order valence-corrected chi connectivity index (χ3v) is 6.89. The van der Waals surface area contributed by atoms with Gasteiger partial charge in [-0.1, -0.05) is 25.1 Å². The molecule has 9 heteroatoms. The fourth-order valence-corrected chi connectivity index (χ4v) is 4.56. The Bertz CT molecular complexity index is 1040. The van der Waals surface area contributed by atoms with E-state index in [-0.39, 0.29) is 11.8 Å². The Hall–Kier alpha value is -2.84. The number of rotatable bonds is 6. The molecule has 0 saturated carbocycles. The summed E-state index contributed by atoms with van der Waals surface area (Å²) in [5, 5.41) is 6.94. The summed E-state index contributed by atoms with van der Waals surface area (Å²) >= 11 is 6.44. The maximum atomic E-state index is 12.7. The minimum absolute atomic E-state index is 0.0393. The Morgan fingerprint density at radius 2 is 2.00 bits per heavy atom. The number of likely N-dealkylation sites (N-methyl/N-ethyl adjacent to an activating group) is 1. The van der Waals surface area contributed by atoms with Gasteiger partial charge in [0, 0.05) is 69.7 Å². The number of anilines is 4. The third kappa shape index (κ3) is 5.07. The van der Waals surface area contributed by atoms with Crippen molar-refractivity contribution in [1.29, 1.82) is 0 Å². The molecule has 3 heterocycles. The fourth-order valence-electron chi connectivity index (χ4n) is 4.42. The van der Waals surface area contributed by atoms with Gasteiger partial charge in [-0.3, -0.25) is 4.79 Å². The molecule has 1 saturated heterocycles. The lowest BCUT2D eigenvalue weighted by Crippen LogP contribution is -2.46. The van der Waals surface area contributed by atoms with E-state index in [0.717, 1.165) is 61.8 Å². The average Bonchev–Trinajstić information content (AvgIpc) is 2.96. The van der Waals surface area contributed by atoms with Crippen LogP contribution in [-0.2, 0) is 11.2 Å². The summed E-state index contributed by atoms with van der Waals surface area (Å²) in [5.41, 5.74) is 3.73. The Balaban J connectivity index is 1.57. The van der Waals surface area contributed by atoms with Crippen LogP contribution in [0.3, 0.4) is 0 Å². The van der Waals surface area contributed by atoms with Gasteiger partial charge >= 0.3 is 0 Å². The van der Waals surface area contributed by atoms with E-state index in [1.165, 1.54) is 0 Å². The van der Waals surface area contributed by atoms with Crippen LogP contribution in [0.25, 0.3) is 0 Å². The Kier molecular flexibility index (Phi) is 7.05. The predicted molar refractivity (Wildman–Crippen MR) is 135 cm³/mol. The first-order chi connectivity index (χ1) is 15.9. The van der Waals surface area contributed by atoms with Crippen LogP contribution in [0.15, 0.2) is 36.7 Å². The highest BCUT2D eigenvalue weighted by Crippen LogP contribution is 2.34. The minimum Gasteiger partial charge on any atom is -0.392 e. The number of halogens is 1. The number of carbonyl (C=O) groups is 1. The fraction of sp³-hybridized carbons (Fsp3) is 0.458. The molecule has 1 fully saturated rings. The number of piperazine rings is 1. The molecular weight excluding hydrogens is 438 g/mol. The van der Waals surface area contributed by atoms with Gasteiger partial charge in [0.05, 0.1) is 6.20 Å².